The molecule has 1 heteroatoms. The van der Waals surface area contributed by atoms with Gasteiger partial charge in [0.2, 0.25) is 0 Å². The molecule has 1 aromatic rings. The van der Waals surface area contributed by atoms with E-state index in [9.17, 15) is 0 Å². The Labute approximate surface area is 112 Å². The molecule has 0 aliphatic heterocycles. The molecule has 100 valence electrons. The molecule has 0 saturated heterocycles. The van der Waals surface area contributed by atoms with Gasteiger partial charge in [0, 0.05) is 5.54 Å². The second kappa shape index (κ2) is 4.70. The van der Waals surface area contributed by atoms with Gasteiger partial charge in [-0.15, -0.1) is 0 Å². The van der Waals surface area contributed by atoms with Gasteiger partial charge in [-0.05, 0) is 41.7 Å². The molecule has 2 atom stereocenters. The Kier molecular flexibility index (Phi) is 3.55. The highest BCUT2D eigenvalue weighted by atomic mass is 14.8. The van der Waals surface area contributed by atoms with Crippen LogP contribution >= 0.6 is 0 Å². The number of nitrogens with two attached hydrogens (primary N) is 1. The zero-order valence-electron chi connectivity index (χ0n) is 12.3. The Morgan fingerprint density at radius 2 is 1.83 bits per heavy atom. The average Bonchev–Trinajstić information content (AvgIpc) is 2.72. The molecule has 0 aromatic heterocycles. The number of rotatable bonds is 2. The molecular weight excluding hydrogens is 218 g/mol. The summed E-state index contributed by atoms with van der Waals surface area (Å²) in [7, 11) is 0. The van der Waals surface area contributed by atoms with Crippen LogP contribution in [0.2, 0.25) is 0 Å². The normalized spacial score (nSPS) is 28.6. The summed E-state index contributed by atoms with van der Waals surface area (Å²) in [6, 6.07) is 9.00. The quantitative estimate of drug-likeness (QED) is 0.823. The van der Waals surface area contributed by atoms with E-state index >= 15 is 0 Å². The molecule has 1 nitrogen and oxygen atoms in total. The molecule has 0 spiro atoms. The van der Waals surface area contributed by atoms with Crippen molar-refractivity contribution in [3.8, 4) is 0 Å². The summed E-state index contributed by atoms with van der Waals surface area (Å²) in [6.45, 7) is 9.04. The van der Waals surface area contributed by atoms with E-state index in [-0.39, 0.29) is 11.0 Å². The maximum absolute atomic E-state index is 6.61. The SMILES string of the molecule is CCC1CCC(N)(c2ccc(C(C)(C)C)cc2)C1. The largest absolute Gasteiger partial charge is 0.321 e. The van der Waals surface area contributed by atoms with E-state index in [0.29, 0.717) is 0 Å². The van der Waals surface area contributed by atoms with Crippen LogP contribution in [0.25, 0.3) is 0 Å². The fourth-order valence-corrected chi connectivity index (χ4v) is 3.09. The Bertz CT molecular complexity index is 399. The molecule has 2 unspecified atom stereocenters. The molecule has 1 fully saturated rings. The summed E-state index contributed by atoms with van der Waals surface area (Å²) in [5.41, 5.74) is 9.47. The first kappa shape index (κ1) is 13.6. The first-order valence-electron chi connectivity index (χ1n) is 7.25. The van der Waals surface area contributed by atoms with Crippen LogP contribution in [0.3, 0.4) is 0 Å². The second-order valence-corrected chi connectivity index (χ2v) is 7.00. The molecular formula is C17H27N. The maximum atomic E-state index is 6.61. The molecule has 1 saturated carbocycles. The van der Waals surface area contributed by atoms with E-state index in [1.54, 1.807) is 0 Å². The van der Waals surface area contributed by atoms with Crippen molar-refractivity contribution in [2.45, 2.75) is 64.3 Å². The molecule has 0 amide bonds. The van der Waals surface area contributed by atoms with E-state index in [2.05, 4.69) is 52.0 Å². The molecule has 1 aliphatic carbocycles. The van der Waals surface area contributed by atoms with Crippen molar-refractivity contribution < 1.29 is 0 Å². The minimum Gasteiger partial charge on any atom is -0.321 e. The third-order valence-electron chi connectivity index (χ3n) is 4.55. The van der Waals surface area contributed by atoms with Crippen LogP contribution in [-0.4, -0.2) is 0 Å². The van der Waals surface area contributed by atoms with Crippen molar-refractivity contribution in [2.24, 2.45) is 11.7 Å². The lowest BCUT2D eigenvalue weighted by Gasteiger charge is -2.26. The van der Waals surface area contributed by atoms with Gasteiger partial charge < -0.3 is 5.73 Å². The van der Waals surface area contributed by atoms with Gasteiger partial charge in [-0.2, -0.15) is 0 Å². The molecule has 0 bridgehead atoms. The highest BCUT2D eigenvalue weighted by molar-refractivity contribution is 5.32. The highest BCUT2D eigenvalue weighted by Gasteiger charge is 2.36. The number of hydrogen-bond donors (Lipinski definition) is 1. The molecule has 18 heavy (non-hydrogen) atoms. The van der Waals surface area contributed by atoms with E-state index < -0.39 is 0 Å². The summed E-state index contributed by atoms with van der Waals surface area (Å²) < 4.78 is 0. The van der Waals surface area contributed by atoms with Crippen LogP contribution in [0, 0.1) is 5.92 Å². The third-order valence-corrected chi connectivity index (χ3v) is 4.55. The zero-order chi connectivity index (χ0) is 13.4. The van der Waals surface area contributed by atoms with Gasteiger partial charge in [-0.1, -0.05) is 58.4 Å². The van der Waals surface area contributed by atoms with Gasteiger partial charge >= 0.3 is 0 Å². The first-order chi connectivity index (χ1) is 8.35. The van der Waals surface area contributed by atoms with Crippen LogP contribution in [0.4, 0.5) is 0 Å². The van der Waals surface area contributed by atoms with Gasteiger partial charge in [0.05, 0.1) is 0 Å². The summed E-state index contributed by atoms with van der Waals surface area (Å²) >= 11 is 0. The minimum absolute atomic E-state index is 0.0723. The lowest BCUT2D eigenvalue weighted by atomic mass is 9.83. The summed E-state index contributed by atoms with van der Waals surface area (Å²) in [4.78, 5) is 0. The van der Waals surface area contributed by atoms with Crippen molar-refractivity contribution in [3.05, 3.63) is 35.4 Å². The monoisotopic (exact) mass is 245 g/mol. The summed E-state index contributed by atoms with van der Waals surface area (Å²) in [6.07, 6.45) is 4.84. The van der Waals surface area contributed by atoms with Crippen LogP contribution < -0.4 is 5.73 Å². The molecule has 2 N–H and O–H groups in total. The summed E-state index contributed by atoms with van der Waals surface area (Å²) in [5, 5.41) is 0. The fourth-order valence-electron chi connectivity index (χ4n) is 3.09. The second-order valence-electron chi connectivity index (χ2n) is 7.00. The predicted octanol–water partition coefficient (Wildman–Crippen LogP) is 4.35. The highest BCUT2D eigenvalue weighted by Crippen LogP contribution is 2.41. The van der Waals surface area contributed by atoms with E-state index in [1.807, 2.05) is 0 Å². The first-order valence-corrected chi connectivity index (χ1v) is 7.25. The zero-order valence-corrected chi connectivity index (χ0v) is 12.3. The average molecular weight is 245 g/mol. The topological polar surface area (TPSA) is 26.0 Å². The van der Waals surface area contributed by atoms with E-state index in [1.165, 1.54) is 24.0 Å². The lowest BCUT2D eigenvalue weighted by Crippen LogP contribution is -2.33. The molecule has 1 aliphatic rings. The Morgan fingerprint density at radius 1 is 1.22 bits per heavy atom. The van der Waals surface area contributed by atoms with E-state index in [0.717, 1.165) is 18.8 Å². The van der Waals surface area contributed by atoms with Gasteiger partial charge in [0.15, 0.2) is 0 Å². The standard InChI is InChI=1S/C17H27N/c1-5-13-10-11-17(18,12-13)15-8-6-14(7-9-15)16(2,3)4/h6-9,13H,5,10-12,18H2,1-4H3. The lowest BCUT2D eigenvalue weighted by molar-refractivity contribution is 0.424. The van der Waals surface area contributed by atoms with Crippen molar-refractivity contribution in [2.75, 3.05) is 0 Å². The van der Waals surface area contributed by atoms with Gasteiger partial charge in [-0.3, -0.25) is 0 Å². The molecule has 2 rings (SSSR count). The molecule has 0 radical (unpaired) electrons. The Morgan fingerprint density at radius 3 is 2.28 bits per heavy atom. The van der Waals surface area contributed by atoms with Gasteiger partial charge in [0.1, 0.15) is 0 Å². The van der Waals surface area contributed by atoms with Crippen molar-refractivity contribution in [1.29, 1.82) is 0 Å². The summed E-state index contributed by atoms with van der Waals surface area (Å²) in [5.74, 6) is 0.817. The Balaban J connectivity index is 2.20. The van der Waals surface area contributed by atoms with Crippen LogP contribution in [0.15, 0.2) is 24.3 Å². The fraction of sp³-hybridized carbons (Fsp3) is 0.647. The number of benzene rings is 1. The molecule has 1 aromatic carbocycles. The van der Waals surface area contributed by atoms with E-state index in [4.69, 9.17) is 5.73 Å². The Hall–Kier alpha value is -0.820. The van der Waals surface area contributed by atoms with Gasteiger partial charge in [-0.25, -0.2) is 0 Å². The van der Waals surface area contributed by atoms with Crippen molar-refractivity contribution >= 4 is 0 Å². The van der Waals surface area contributed by atoms with Crippen LogP contribution in [0.1, 0.15) is 64.5 Å². The van der Waals surface area contributed by atoms with Gasteiger partial charge in [0.25, 0.3) is 0 Å². The van der Waals surface area contributed by atoms with Crippen LogP contribution in [0.5, 0.6) is 0 Å². The van der Waals surface area contributed by atoms with Crippen molar-refractivity contribution in [3.63, 3.8) is 0 Å². The predicted molar refractivity (Wildman–Crippen MR) is 78.6 cm³/mol. The smallest absolute Gasteiger partial charge is 0.0412 e. The van der Waals surface area contributed by atoms with Crippen molar-refractivity contribution in [1.82, 2.24) is 0 Å². The van der Waals surface area contributed by atoms with Crippen LogP contribution in [-0.2, 0) is 11.0 Å². The third kappa shape index (κ3) is 2.61. The minimum atomic E-state index is -0.0723. The number of hydrogen-bond acceptors (Lipinski definition) is 1. The maximum Gasteiger partial charge on any atom is 0.0412 e. The molecule has 0 heterocycles.